The highest BCUT2D eigenvalue weighted by Crippen LogP contribution is 2.55. The van der Waals surface area contributed by atoms with E-state index in [0.29, 0.717) is 43.7 Å². The number of amides is 3. The molecule has 5 rings (SSSR count). The largest absolute Gasteiger partial charge is 0.356 e. The minimum Gasteiger partial charge on any atom is -0.356 e. The topological polar surface area (TPSA) is 84.2 Å². The number of hydrogen-bond donors (Lipinski definition) is 3. The maximum Gasteiger partial charge on any atom is 0.312 e. The maximum absolute atomic E-state index is 12.2. The Hall–Kier alpha value is -2.82. The molecule has 0 fully saturated rings. The molecule has 0 saturated carbocycles. The Morgan fingerprint density at radius 3 is 2.11 bits per heavy atom. The van der Waals surface area contributed by atoms with Crippen LogP contribution in [0.3, 0.4) is 0 Å². The van der Waals surface area contributed by atoms with Gasteiger partial charge in [0.2, 0.25) is 5.91 Å². The van der Waals surface area contributed by atoms with Crippen LogP contribution < -0.4 is 16.4 Å². The fourth-order valence-corrected chi connectivity index (χ4v) is 4.75. The van der Waals surface area contributed by atoms with Gasteiger partial charge in [0, 0.05) is 31.3 Å². The fourth-order valence-electron chi connectivity index (χ4n) is 4.75. The van der Waals surface area contributed by atoms with Crippen LogP contribution in [0.1, 0.15) is 53.4 Å². The van der Waals surface area contributed by atoms with Crippen LogP contribution >= 0.6 is 0 Å². The smallest absolute Gasteiger partial charge is 0.312 e. The van der Waals surface area contributed by atoms with Gasteiger partial charge in [-0.05, 0) is 41.0 Å². The highest BCUT2D eigenvalue weighted by Gasteiger charge is 2.42. The van der Waals surface area contributed by atoms with Crippen LogP contribution in [0.25, 0.3) is 0 Å². The molecule has 1 atom stereocenters. The molecule has 4 N–H and O–H groups in total. The molecule has 3 amide bonds. The Morgan fingerprint density at radius 1 is 0.926 bits per heavy atom. The molecule has 1 unspecified atom stereocenters. The van der Waals surface area contributed by atoms with Crippen LogP contribution in [0.2, 0.25) is 0 Å². The van der Waals surface area contributed by atoms with Gasteiger partial charge in [-0.25, -0.2) is 4.79 Å². The molecular formula is C22H25N3O2. The SMILES string of the molecule is NC(=O)NCCCC(=O)NCC1CC2c3ccccc3C1c1ccccc12. The van der Waals surface area contributed by atoms with Crippen molar-refractivity contribution >= 4 is 11.9 Å². The maximum atomic E-state index is 12.2. The van der Waals surface area contributed by atoms with E-state index in [4.69, 9.17) is 5.73 Å². The summed E-state index contributed by atoms with van der Waals surface area (Å²) in [4.78, 5) is 22.8. The van der Waals surface area contributed by atoms with E-state index in [1.54, 1.807) is 0 Å². The van der Waals surface area contributed by atoms with Gasteiger partial charge in [-0.1, -0.05) is 48.5 Å². The summed E-state index contributed by atoms with van der Waals surface area (Å²) >= 11 is 0. The van der Waals surface area contributed by atoms with Crippen LogP contribution in [-0.4, -0.2) is 25.0 Å². The predicted molar refractivity (Wildman–Crippen MR) is 105 cm³/mol. The first-order chi connectivity index (χ1) is 13.1. The lowest BCUT2D eigenvalue weighted by Crippen LogP contribution is -2.39. The molecule has 2 bridgehead atoms. The van der Waals surface area contributed by atoms with E-state index in [9.17, 15) is 9.59 Å². The van der Waals surface area contributed by atoms with E-state index < -0.39 is 6.03 Å². The van der Waals surface area contributed by atoms with Gasteiger partial charge in [0.25, 0.3) is 0 Å². The van der Waals surface area contributed by atoms with Crippen LogP contribution in [0.15, 0.2) is 48.5 Å². The van der Waals surface area contributed by atoms with Crippen LogP contribution in [0, 0.1) is 5.92 Å². The Labute approximate surface area is 159 Å². The van der Waals surface area contributed by atoms with Gasteiger partial charge in [-0.3, -0.25) is 4.79 Å². The molecule has 0 radical (unpaired) electrons. The molecule has 3 aliphatic carbocycles. The number of urea groups is 1. The Bertz CT molecular complexity index is 817. The molecular weight excluding hydrogens is 338 g/mol. The molecule has 5 nitrogen and oxygen atoms in total. The van der Waals surface area contributed by atoms with Crippen LogP contribution in [0.5, 0.6) is 0 Å². The molecule has 27 heavy (non-hydrogen) atoms. The molecule has 0 aliphatic heterocycles. The zero-order valence-electron chi connectivity index (χ0n) is 15.3. The molecule has 0 aromatic heterocycles. The first-order valence-corrected chi connectivity index (χ1v) is 9.63. The quantitative estimate of drug-likeness (QED) is 0.690. The van der Waals surface area contributed by atoms with Crippen LogP contribution in [-0.2, 0) is 4.79 Å². The Balaban J connectivity index is 1.44. The van der Waals surface area contributed by atoms with Crippen molar-refractivity contribution in [3.05, 3.63) is 70.8 Å². The summed E-state index contributed by atoms with van der Waals surface area (Å²) < 4.78 is 0. The van der Waals surface area contributed by atoms with Gasteiger partial charge >= 0.3 is 6.03 Å². The van der Waals surface area contributed by atoms with Crippen molar-refractivity contribution in [3.63, 3.8) is 0 Å². The molecule has 3 aliphatic rings. The Kier molecular flexibility index (Phi) is 4.84. The molecule has 0 heterocycles. The molecule has 2 aromatic carbocycles. The van der Waals surface area contributed by atoms with E-state index in [1.807, 2.05) is 0 Å². The summed E-state index contributed by atoms with van der Waals surface area (Å²) in [7, 11) is 0. The number of carbonyl (C=O) groups excluding carboxylic acids is 2. The van der Waals surface area contributed by atoms with E-state index in [1.165, 1.54) is 22.3 Å². The number of hydrogen-bond acceptors (Lipinski definition) is 2. The third kappa shape index (κ3) is 3.42. The van der Waals surface area contributed by atoms with Gasteiger partial charge in [-0.15, -0.1) is 0 Å². The molecule has 2 aromatic rings. The lowest BCUT2D eigenvalue weighted by molar-refractivity contribution is -0.121. The average Bonchev–Trinajstić information content (AvgIpc) is 2.69. The highest BCUT2D eigenvalue weighted by atomic mass is 16.2. The zero-order chi connectivity index (χ0) is 18.8. The lowest BCUT2D eigenvalue weighted by Gasteiger charge is -2.45. The standard InChI is InChI=1S/C22H25N3O2/c23-22(27)24-11-5-10-20(26)25-13-14-12-19-15-6-1-3-8-17(15)21(14)18-9-4-2-7-16(18)19/h1-4,6-9,14,19,21H,5,10-13H2,(H,25,26)(H3,23,24,27). The van der Waals surface area contributed by atoms with Gasteiger partial charge in [0.1, 0.15) is 0 Å². The summed E-state index contributed by atoms with van der Waals surface area (Å²) in [6.45, 7) is 1.11. The van der Waals surface area contributed by atoms with Crippen molar-refractivity contribution < 1.29 is 9.59 Å². The second kappa shape index (κ2) is 7.43. The van der Waals surface area contributed by atoms with E-state index in [2.05, 4.69) is 59.2 Å². The van der Waals surface area contributed by atoms with Crippen molar-refractivity contribution in [2.24, 2.45) is 11.7 Å². The number of fused-ring (bicyclic) bond motifs is 1. The summed E-state index contributed by atoms with van der Waals surface area (Å²) in [5, 5.41) is 5.61. The van der Waals surface area contributed by atoms with Gasteiger partial charge in [0.05, 0.1) is 0 Å². The number of carbonyl (C=O) groups is 2. The first-order valence-electron chi connectivity index (χ1n) is 9.63. The normalized spacial score (nSPS) is 21.9. The van der Waals surface area contributed by atoms with Crippen LogP contribution in [0.4, 0.5) is 4.79 Å². The average molecular weight is 363 g/mol. The van der Waals surface area contributed by atoms with Crippen molar-refractivity contribution in [1.82, 2.24) is 10.6 Å². The predicted octanol–water partition coefficient (Wildman–Crippen LogP) is 2.85. The summed E-state index contributed by atoms with van der Waals surface area (Å²) in [5.41, 5.74) is 10.7. The third-order valence-electron chi connectivity index (χ3n) is 5.86. The molecule has 0 saturated heterocycles. The van der Waals surface area contributed by atoms with Crippen molar-refractivity contribution in [3.8, 4) is 0 Å². The Morgan fingerprint density at radius 2 is 1.52 bits per heavy atom. The third-order valence-corrected chi connectivity index (χ3v) is 5.86. The van der Waals surface area contributed by atoms with Gasteiger partial charge in [0.15, 0.2) is 0 Å². The second-order valence-electron chi connectivity index (χ2n) is 7.48. The second-order valence-corrected chi connectivity index (χ2v) is 7.48. The number of nitrogens with two attached hydrogens (primary N) is 1. The molecule has 5 heteroatoms. The number of primary amides is 1. The van der Waals surface area contributed by atoms with Crippen molar-refractivity contribution in [1.29, 1.82) is 0 Å². The van der Waals surface area contributed by atoms with Gasteiger partial charge in [-0.2, -0.15) is 0 Å². The summed E-state index contributed by atoms with van der Waals surface area (Å²) in [5.74, 6) is 1.21. The van der Waals surface area contributed by atoms with E-state index in [0.717, 1.165) is 6.42 Å². The lowest BCUT2D eigenvalue weighted by atomic mass is 9.59. The zero-order valence-corrected chi connectivity index (χ0v) is 15.3. The highest BCUT2D eigenvalue weighted by molar-refractivity contribution is 5.76. The van der Waals surface area contributed by atoms with E-state index >= 15 is 0 Å². The number of nitrogens with one attached hydrogen (secondary N) is 2. The van der Waals surface area contributed by atoms with Crippen molar-refractivity contribution in [2.75, 3.05) is 13.1 Å². The fraction of sp³-hybridized carbons (Fsp3) is 0.364. The van der Waals surface area contributed by atoms with Crippen molar-refractivity contribution in [2.45, 2.75) is 31.1 Å². The summed E-state index contributed by atoms with van der Waals surface area (Å²) in [6, 6.07) is 16.9. The minimum atomic E-state index is -0.550. The monoisotopic (exact) mass is 363 g/mol. The number of benzene rings is 2. The number of rotatable bonds is 6. The summed E-state index contributed by atoms with van der Waals surface area (Å²) in [6.07, 6.45) is 2.06. The molecule has 140 valence electrons. The van der Waals surface area contributed by atoms with Gasteiger partial charge < -0.3 is 16.4 Å². The first kappa shape index (κ1) is 17.6. The van der Waals surface area contributed by atoms with E-state index in [-0.39, 0.29) is 5.91 Å². The minimum absolute atomic E-state index is 0.0317. The molecule has 0 spiro atoms.